The zero-order valence-corrected chi connectivity index (χ0v) is 20.0. The van der Waals surface area contributed by atoms with Crippen molar-refractivity contribution in [1.82, 2.24) is 10.4 Å². The summed E-state index contributed by atoms with van der Waals surface area (Å²) < 4.78 is 6.59. The van der Waals surface area contributed by atoms with Gasteiger partial charge in [-0.05, 0) is 55.5 Å². The lowest BCUT2D eigenvalue weighted by molar-refractivity contribution is 0.0564. The lowest BCUT2D eigenvalue weighted by Gasteiger charge is -2.29. The maximum Gasteiger partial charge on any atom is 0.216 e. The second-order valence-electron chi connectivity index (χ2n) is 8.27. The Hall–Kier alpha value is -4.29. The van der Waals surface area contributed by atoms with E-state index in [0.717, 1.165) is 33.8 Å². The van der Waals surface area contributed by atoms with Gasteiger partial charge in [-0.1, -0.05) is 78.4 Å². The van der Waals surface area contributed by atoms with E-state index < -0.39 is 6.23 Å². The van der Waals surface area contributed by atoms with E-state index in [1.54, 1.807) is 12.1 Å². The summed E-state index contributed by atoms with van der Waals surface area (Å²) in [6.45, 7) is 2.05. The summed E-state index contributed by atoms with van der Waals surface area (Å²) in [5, 5.41) is 15.5. The minimum absolute atomic E-state index is 0.197. The number of hydrazine groups is 1. The molecular weight excluding hydrogens is 454 g/mol. The molecule has 5 nitrogen and oxygen atoms in total. The van der Waals surface area contributed by atoms with Crippen molar-refractivity contribution in [1.29, 1.82) is 0 Å². The zero-order chi connectivity index (χ0) is 24.2. The Morgan fingerprint density at radius 2 is 1.40 bits per heavy atom. The Kier molecular flexibility index (Phi) is 6.37. The van der Waals surface area contributed by atoms with Gasteiger partial charge < -0.3 is 15.2 Å². The molecule has 0 amide bonds. The van der Waals surface area contributed by atoms with E-state index >= 15 is 0 Å². The molecule has 35 heavy (non-hydrogen) atoms. The van der Waals surface area contributed by atoms with E-state index in [0.29, 0.717) is 5.11 Å². The standard InChI is InChI=1S/C29H25N3O2S/c1-20-12-16-24(17-13-20)30-29(35)31-32-26(21-8-4-2-5-9-21)27(22-10-6-3-7-11-22)34-28(32)23-14-18-25(33)19-15-23/h2-19,28,33H,1H3,(H2,30,31,35). The first kappa shape index (κ1) is 22.5. The van der Waals surface area contributed by atoms with Crippen LogP contribution in [0.3, 0.4) is 0 Å². The summed E-state index contributed by atoms with van der Waals surface area (Å²) in [5.74, 6) is 0.933. The smallest absolute Gasteiger partial charge is 0.216 e. The number of anilines is 1. The Labute approximate surface area is 210 Å². The molecule has 1 atom stereocenters. The van der Waals surface area contributed by atoms with E-state index in [4.69, 9.17) is 17.0 Å². The molecule has 6 heteroatoms. The van der Waals surface area contributed by atoms with Gasteiger partial charge in [0.15, 0.2) is 10.9 Å². The highest BCUT2D eigenvalue weighted by Crippen LogP contribution is 2.44. The summed E-state index contributed by atoms with van der Waals surface area (Å²) in [6.07, 6.45) is -0.515. The van der Waals surface area contributed by atoms with E-state index in [1.165, 1.54) is 5.56 Å². The van der Waals surface area contributed by atoms with Crippen molar-refractivity contribution in [2.45, 2.75) is 13.2 Å². The molecule has 0 bridgehead atoms. The van der Waals surface area contributed by atoms with Crippen molar-refractivity contribution in [3.05, 3.63) is 131 Å². The first-order valence-corrected chi connectivity index (χ1v) is 11.7. The maximum atomic E-state index is 9.84. The van der Waals surface area contributed by atoms with Crippen LogP contribution in [0.1, 0.15) is 28.5 Å². The van der Waals surface area contributed by atoms with Crippen LogP contribution in [0.25, 0.3) is 11.5 Å². The second-order valence-corrected chi connectivity index (χ2v) is 8.68. The van der Waals surface area contributed by atoms with Gasteiger partial charge in [0.25, 0.3) is 0 Å². The fourth-order valence-electron chi connectivity index (χ4n) is 3.98. The number of ether oxygens (including phenoxy) is 1. The molecule has 1 unspecified atom stereocenters. The maximum absolute atomic E-state index is 9.84. The van der Waals surface area contributed by atoms with Crippen LogP contribution in [0.15, 0.2) is 109 Å². The monoisotopic (exact) mass is 479 g/mol. The van der Waals surface area contributed by atoms with Crippen LogP contribution in [0, 0.1) is 6.92 Å². The van der Waals surface area contributed by atoms with Gasteiger partial charge in [0.2, 0.25) is 6.23 Å². The van der Waals surface area contributed by atoms with Crippen LogP contribution in [0.4, 0.5) is 5.69 Å². The third-order valence-corrected chi connectivity index (χ3v) is 5.91. The van der Waals surface area contributed by atoms with Gasteiger partial charge in [0, 0.05) is 22.4 Å². The molecule has 0 saturated heterocycles. The highest BCUT2D eigenvalue weighted by atomic mass is 32.1. The average Bonchev–Trinajstić information content (AvgIpc) is 3.26. The van der Waals surface area contributed by atoms with Crippen molar-refractivity contribution in [2.75, 3.05) is 5.32 Å². The van der Waals surface area contributed by atoms with Crippen LogP contribution in [0.5, 0.6) is 5.75 Å². The van der Waals surface area contributed by atoms with E-state index in [2.05, 4.69) is 10.7 Å². The molecule has 4 aromatic carbocycles. The summed E-state index contributed by atoms with van der Waals surface area (Å²) in [4.78, 5) is 0. The van der Waals surface area contributed by atoms with Crippen LogP contribution >= 0.6 is 12.2 Å². The highest BCUT2D eigenvalue weighted by molar-refractivity contribution is 7.80. The van der Waals surface area contributed by atoms with Gasteiger partial charge in [-0.3, -0.25) is 5.43 Å². The van der Waals surface area contributed by atoms with E-state index in [-0.39, 0.29) is 5.75 Å². The summed E-state index contributed by atoms with van der Waals surface area (Å²) >= 11 is 5.71. The first-order chi connectivity index (χ1) is 17.1. The molecule has 5 rings (SSSR count). The van der Waals surface area contributed by atoms with Crippen molar-refractivity contribution < 1.29 is 9.84 Å². The van der Waals surface area contributed by atoms with Gasteiger partial charge in [0.05, 0.1) is 0 Å². The lowest BCUT2D eigenvalue weighted by Crippen LogP contribution is -2.43. The SMILES string of the molecule is Cc1ccc(NC(=S)NN2C(c3ccccc3)=C(c3ccccc3)OC2c2ccc(O)cc2)cc1. The van der Waals surface area contributed by atoms with Crippen molar-refractivity contribution in [3.8, 4) is 5.75 Å². The minimum Gasteiger partial charge on any atom is -0.508 e. The van der Waals surface area contributed by atoms with Gasteiger partial charge in [-0.15, -0.1) is 0 Å². The van der Waals surface area contributed by atoms with Crippen LogP contribution < -0.4 is 10.7 Å². The molecule has 0 radical (unpaired) electrons. The largest absolute Gasteiger partial charge is 0.508 e. The molecule has 1 aliphatic rings. The number of phenolic OH excluding ortho intramolecular Hbond substituents is 1. The van der Waals surface area contributed by atoms with E-state index in [9.17, 15) is 5.11 Å². The van der Waals surface area contributed by atoms with Crippen LogP contribution in [0.2, 0.25) is 0 Å². The molecule has 1 heterocycles. The molecule has 3 N–H and O–H groups in total. The molecule has 0 aliphatic carbocycles. The Morgan fingerprint density at radius 1 is 0.800 bits per heavy atom. The third kappa shape index (κ3) is 4.98. The predicted octanol–water partition coefficient (Wildman–Crippen LogP) is 6.46. The Balaban J connectivity index is 1.56. The molecule has 0 spiro atoms. The fourth-order valence-corrected chi connectivity index (χ4v) is 4.20. The number of aryl methyl sites for hydroxylation is 1. The molecule has 0 saturated carbocycles. The first-order valence-electron chi connectivity index (χ1n) is 11.3. The topological polar surface area (TPSA) is 56.8 Å². The van der Waals surface area contributed by atoms with Crippen LogP contribution in [-0.2, 0) is 4.74 Å². The normalized spacial score (nSPS) is 15.0. The number of aromatic hydroxyl groups is 1. The Morgan fingerprint density at radius 3 is 2.03 bits per heavy atom. The molecule has 4 aromatic rings. The van der Waals surface area contributed by atoms with Crippen molar-refractivity contribution in [3.63, 3.8) is 0 Å². The van der Waals surface area contributed by atoms with Gasteiger partial charge in [0.1, 0.15) is 11.4 Å². The van der Waals surface area contributed by atoms with Gasteiger partial charge in [-0.25, -0.2) is 5.01 Å². The number of benzene rings is 4. The summed E-state index contributed by atoms with van der Waals surface area (Å²) in [7, 11) is 0. The molecular formula is C29H25N3O2S. The molecule has 0 aromatic heterocycles. The van der Waals surface area contributed by atoms with Crippen LogP contribution in [-0.4, -0.2) is 15.2 Å². The van der Waals surface area contributed by atoms with Gasteiger partial charge >= 0.3 is 0 Å². The summed E-state index contributed by atoms with van der Waals surface area (Å²) in [6, 6.07) is 35.2. The molecule has 0 fully saturated rings. The number of hydrogen-bond donors (Lipinski definition) is 3. The average molecular weight is 480 g/mol. The predicted molar refractivity (Wildman–Crippen MR) is 144 cm³/mol. The summed E-state index contributed by atoms with van der Waals surface area (Å²) in [5.41, 5.74) is 9.10. The molecule has 1 aliphatic heterocycles. The third-order valence-electron chi connectivity index (χ3n) is 5.71. The second kappa shape index (κ2) is 9.91. The quantitative estimate of drug-likeness (QED) is 0.286. The van der Waals surface area contributed by atoms with E-state index in [1.807, 2.05) is 109 Å². The van der Waals surface area contributed by atoms with Crippen molar-refractivity contribution >= 4 is 34.5 Å². The van der Waals surface area contributed by atoms with Gasteiger partial charge in [-0.2, -0.15) is 0 Å². The lowest BCUT2D eigenvalue weighted by atomic mass is 10.1. The molecule has 174 valence electrons. The number of phenols is 1. The minimum atomic E-state index is -0.515. The number of hydrogen-bond acceptors (Lipinski definition) is 4. The number of nitrogens with one attached hydrogen (secondary N) is 2. The Bertz CT molecular complexity index is 1340. The van der Waals surface area contributed by atoms with Crippen molar-refractivity contribution in [2.24, 2.45) is 0 Å². The zero-order valence-electron chi connectivity index (χ0n) is 19.2. The fraction of sp³-hybridized carbons (Fsp3) is 0.0690. The number of nitrogens with zero attached hydrogens (tertiary/aromatic N) is 1. The number of thiocarbonyl (C=S) groups is 1. The number of rotatable bonds is 5. The highest BCUT2D eigenvalue weighted by Gasteiger charge is 2.37.